The van der Waals surface area contributed by atoms with Crippen LogP contribution in [0.5, 0.6) is 5.75 Å². The van der Waals surface area contributed by atoms with Crippen LogP contribution in [0.1, 0.15) is 0 Å². The normalized spacial score (nSPS) is 10.7. The van der Waals surface area contributed by atoms with Crippen LogP contribution in [0.4, 0.5) is 5.69 Å². The summed E-state index contributed by atoms with van der Waals surface area (Å²) in [5, 5.41) is 11.0. The number of oxazole rings is 1. The molecule has 0 aliphatic carbocycles. The van der Waals surface area contributed by atoms with Crippen LogP contribution in [-0.2, 0) is 0 Å². The first-order chi connectivity index (χ1) is 9.69. The molecule has 0 bridgehead atoms. The lowest BCUT2D eigenvalue weighted by molar-refractivity contribution is -0.384. The van der Waals surface area contributed by atoms with Gasteiger partial charge in [-0.15, -0.1) is 0 Å². The number of methoxy groups -OCH3 is 1. The van der Waals surface area contributed by atoms with Crippen LogP contribution in [0.2, 0.25) is 0 Å². The Balaban J connectivity index is 2.18. The first-order valence-corrected chi connectivity index (χ1v) is 5.87. The van der Waals surface area contributed by atoms with Crippen molar-refractivity contribution >= 4 is 16.8 Å². The van der Waals surface area contributed by atoms with E-state index in [2.05, 4.69) is 4.98 Å². The van der Waals surface area contributed by atoms with Gasteiger partial charge in [0.15, 0.2) is 5.58 Å². The average molecular weight is 270 g/mol. The van der Waals surface area contributed by atoms with Crippen molar-refractivity contribution in [3.05, 3.63) is 52.6 Å². The fourth-order valence-electron chi connectivity index (χ4n) is 1.96. The standard InChI is InChI=1S/C14H10N2O4/c1-19-9-6-7-11-13(8-9)20-14(15-11)10-4-2-3-5-12(10)16(17)18/h2-8H,1H3. The summed E-state index contributed by atoms with van der Waals surface area (Å²) in [6.07, 6.45) is 0. The molecule has 0 spiro atoms. The monoisotopic (exact) mass is 270 g/mol. The summed E-state index contributed by atoms with van der Waals surface area (Å²) in [4.78, 5) is 14.8. The fraction of sp³-hybridized carbons (Fsp3) is 0.0714. The number of nitrogens with zero attached hydrogens (tertiary/aromatic N) is 2. The van der Waals surface area contributed by atoms with Gasteiger partial charge >= 0.3 is 0 Å². The van der Waals surface area contributed by atoms with Crippen LogP contribution in [0, 0.1) is 10.1 Å². The Morgan fingerprint density at radius 3 is 2.80 bits per heavy atom. The molecule has 6 heteroatoms. The molecular formula is C14H10N2O4. The van der Waals surface area contributed by atoms with Crippen molar-refractivity contribution in [2.75, 3.05) is 7.11 Å². The molecule has 0 N–H and O–H groups in total. The Kier molecular flexibility index (Phi) is 2.83. The van der Waals surface area contributed by atoms with Gasteiger partial charge in [0.05, 0.1) is 12.0 Å². The Bertz CT molecular complexity index is 795. The minimum absolute atomic E-state index is 0.0361. The largest absolute Gasteiger partial charge is 0.497 e. The minimum Gasteiger partial charge on any atom is -0.497 e. The van der Waals surface area contributed by atoms with E-state index < -0.39 is 4.92 Å². The van der Waals surface area contributed by atoms with Crippen LogP contribution in [0.15, 0.2) is 46.9 Å². The maximum Gasteiger partial charge on any atom is 0.282 e. The molecule has 20 heavy (non-hydrogen) atoms. The van der Waals surface area contributed by atoms with Crippen molar-refractivity contribution in [2.45, 2.75) is 0 Å². The van der Waals surface area contributed by atoms with E-state index in [1.54, 1.807) is 43.5 Å². The highest BCUT2D eigenvalue weighted by molar-refractivity contribution is 5.79. The third-order valence-corrected chi connectivity index (χ3v) is 2.93. The third kappa shape index (κ3) is 1.97. The van der Waals surface area contributed by atoms with Crippen molar-refractivity contribution in [1.82, 2.24) is 4.98 Å². The summed E-state index contributed by atoms with van der Waals surface area (Å²) in [5.74, 6) is 0.864. The van der Waals surface area contributed by atoms with Crippen LogP contribution >= 0.6 is 0 Å². The molecule has 2 aromatic carbocycles. The second-order valence-electron chi connectivity index (χ2n) is 4.13. The quantitative estimate of drug-likeness (QED) is 0.538. The van der Waals surface area contributed by atoms with Gasteiger partial charge in [0.25, 0.3) is 5.69 Å². The highest BCUT2D eigenvalue weighted by Crippen LogP contribution is 2.32. The Labute approximate surface area is 113 Å². The molecule has 0 saturated carbocycles. The molecular weight excluding hydrogens is 260 g/mol. The smallest absolute Gasteiger partial charge is 0.282 e. The van der Waals surface area contributed by atoms with Crippen molar-refractivity contribution in [1.29, 1.82) is 0 Å². The van der Waals surface area contributed by atoms with Crippen LogP contribution < -0.4 is 4.74 Å². The number of ether oxygens (including phenoxy) is 1. The number of nitro groups is 1. The summed E-state index contributed by atoms with van der Waals surface area (Å²) in [6, 6.07) is 11.5. The van der Waals surface area contributed by atoms with Gasteiger partial charge in [-0.05, 0) is 18.2 Å². The maximum absolute atomic E-state index is 11.0. The summed E-state index contributed by atoms with van der Waals surface area (Å²) in [5.41, 5.74) is 1.47. The molecule has 0 atom stereocenters. The lowest BCUT2D eigenvalue weighted by Crippen LogP contribution is -1.91. The minimum atomic E-state index is -0.454. The molecule has 0 saturated heterocycles. The van der Waals surface area contributed by atoms with Crippen molar-refractivity contribution in [3.63, 3.8) is 0 Å². The molecule has 100 valence electrons. The molecule has 0 aliphatic heterocycles. The van der Waals surface area contributed by atoms with Crippen LogP contribution in [0.3, 0.4) is 0 Å². The molecule has 6 nitrogen and oxygen atoms in total. The summed E-state index contributed by atoms with van der Waals surface area (Å²) >= 11 is 0. The third-order valence-electron chi connectivity index (χ3n) is 2.93. The van der Waals surface area contributed by atoms with Gasteiger partial charge < -0.3 is 9.15 Å². The van der Waals surface area contributed by atoms with Gasteiger partial charge in [0.1, 0.15) is 16.8 Å². The second-order valence-corrected chi connectivity index (χ2v) is 4.13. The zero-order chi connectivity index (χ0) is 14.1. The van der Waals surface area contributed by atoms with Crippen LogP contribution in [-0.4, -0.2) is 17.0 Å². The lowest BCUT2D eigenvalue weighted by atomic mass is 10.2. The highest BCUT2D eigenvalue weighted by Gasteiger charge is 2.19. The number of para-hydroxylation sites is 1. The molecule has 0 fully saturated rings. The van der Waals surface area contributed by atoms with Gasteiger partial charge in [-0.3, -0.25) is 10.1 Å². The van der Waals surface area contributed by atoms with E-state index in [1.807, 2.05) is 0 Å². The van der Waals surface area contributed by atoms with Gasteiger partial charge in [-0.1, -0.05) is 12.1 Å². The number of nitro benzene ring substituents is 1. The van der Waals surface area contributed by atoms with Crippen LogP contribution in [0.25, 0.3) is 22.6 Å². The molecule has 3 aromatic rings. The summed E-state index contributed by atoms with van der Waals surface area (Å²) in [7, 11) is 1.56. The second kappa shape index (κ2) is 4.65. The first kappa shape index (κ1) is 12.2. The predicted molar refractivity (Wildman–Crippen MR) is 72.7 cm³/mol. The van der Waals surface area contributed by atoms with E-state index in [4.69, 9.17) is 9.15 Å². The summed E-state index contributed by atoms with van der Waals surface area (Å²) in [6.45, 7) is 0. The molecule has 0 radical (unpaired) electrons. The SMILES string of the molecule is COc1ccc2nc(-c3ccccc3[N+](=O)[O-])oc2c1. The van der Waals surface area contributed by atoms with E-state index in [1.165, 1.54) is 6.07 Å². The number of fused-ring (bicyclic) bond motifs is 1. The zero-order valence-corrected chi connectivity index (χ0v) is 10.6. The Hall–Kier alpha value is -2.89. The number of hydrogen-bond acceptors (Lipinski definition) is 5. The number of rotatable bonds is 3. The summed E-state index contributed by atoms with van der Waals surface area (Å²) < 4.78 is 10.7. The molecule has 1 aromatic heterocycles. The topological polar surface area (TPSA) is 78.4 Å². The predicted octanol–water partition coefficient (Wildman–Crippen LogP) is 3.41. The van der Waals surface area contributed by atoms with E-state index in [9.17, 15) is 10.1 Å². The number of benzene rings is 2. The lowest BCUT2D eigenvalue weighted by Gasteiger charge is -1.97. The van der Waals surface area contributed by atoms with Gasteiger partial charge in [-0.2, -0.15) is 0 Å². The molecule has 3 rings (SSSR count). The Morgan fingerprint density at radius 2 is 2.05 bits per heavy atom. The number of aromatic nitrogens is 1. The highest BCUT2D eigenvalue weighted by atomic mass is 16.6. The number of hydrogen-bond donors (Lipinski definition) is 0. The van der Waals surface area contributed by atoms with E-state index >= 15 is 0 Å². The molecule has 1 heterocycles. The van der Waals surface area contributed by atoms with Crippen molar-refractivity contribution < 1.29 is 14.1 Å². The van der Waals surface area contributed by atoms with Crippen molar-refractivity contribution in [2.24, 2.45) is 0 Å². The molecule has 0 unspecified atom stereocenters. The fourth-order valence-corrected chi connectivity index (χ4v) is 1.96. The van der Waals surface area contributed by atoms with E-state index in [0.717, 1.165) is 0 Å². The first-order valence-electron chi connectivity index (χ1n) is 5.87. The van der Waals surface area contributed by atoms with Gasteiger partial charge in [0, 0.05) is 12.1 Å². The average Bonchev–Trinajstić information content (AvgIpc) is 2.89. The molecule has 0 aliphatic rings. The zero-order valence-electron chi connectivity index (χ0n) is 10.6. The van der Waals surface area contributed by atoms with Crippen molar-refractivity contribution in [3.8, 4) is 17.2 Å². The van der Waals surface area contributed by atoms with Gasteiger partial charge in [0.2, 0.25) is 5.89 Å². The maximum atomic E-state index is 11.0. The van der Waals surface area contributed by atoms with E-state index in [0.29, 0.717) is 22.4 Å². The van der Waals surface area contributed by atoms with Gasteiger partial charge in [-0.25, -0.2) is 4.98 Å². The Morgan fingerprint density at radius 1 is 1.25 bits per heavy atom. The molecule has 0 amide bonds. The van der Waals surface area contributed by atoms with E-state index in [-0.39, 0.29) is 11.6 Å².